The fourth-order valence-corrected chi connectivity index (χ4v) is 4.66. The number of hydrogen-bond acceptors (Lipinski definition) is 3. The molecule has 2 aromatic carbocycles. The summed E-state index contributed by atoms with van der Waals surface area (Å²) in [6.07, 6.45) is 8.64. The van der Waals surface area contributed by atoms with Gasteiger partial charge in [0.25, 0.3) is 0 Å². The standard InChI is InChI=1S/C24H32N2O/c1-4-10-21(11-5-1)18-24(19-22-12-6-2-7-13-22)20-26(16-17-27-24)25-23-14-8-3-9-15-23/h1-2,4-7,10-13,23,25H,3,8-9,14-20H2. The summed E-state index contributed by atoms with van der Waals surface area (Å²) in [5.74, 6) is 0. The van der Waals surface area contributed by atoms with Crippen molar-refractivity contribution in [2.45, 2.75) is 56.6 Å². The number of hydrogen-bond donors (Lipinski definition) is 1. The SMILES string of the molecule is c1ccc(CC2(Cc3ccccc3)CN(NC3CCCCC3)CCO2)cc1. The van der Waals surface area contributed by atoms with Crippen molar-refractivity contribution in [3.05, 3.63) is 71.8 Å². The van der Waals surface area contributed by atoms with Crippen LogP contribution in [0.5, 0.6) is 0 Å². The van der Waals surface area contributed by atoms with Gasteiger partial charge >= 0.3 is 0 Å². The van der Waals surface area contributed by atoms with Crippen molar-refractivity contribution in [1.82, 2.24) is 10.4 Å². The summed E-state index contributed by atoms with van der Waals surface area (Å²) in [4.78, 5) is 0. The van der Waals surface area contributed by atoms with Crippen molar-refractivity contribution in [2.24, 2.45) is 0 Å². The molecule has 1 N–H and O–H groups in total. The van der Waals surface area contributed by atoms with Gasteiger partial charge in [-0.05, 0) is 24.0 Å². The smallest absolute Gasteiger partial charge is 0.0903 e. The zero-order valence-electron chi connectivity index (χ0n) is 16.3. The van der Waals surface area contributed by atoms with E-state index in [-0.39, 0.29) is 5.60 Å². The number of nitrogens with zero attached hydrogens (tertiary/aromatic N) is 1. The van der Waals surface area contributed by atoms with Crippen molar-refractivity contribution in [1.29, 1.82) is 0 Å². The first-order valence-electron chi connectivity index (χ1n) is 10.5. The largest absolute Gasteiger partial charge is 0.372 e. The highest BCUT2D eigenvalue weighted by Crippen LogP contribution is 2.28. The molecular weight excluding hydrogens is 332 g/mol. The number of benzene rings is 2. The Morgan fingerprint density at radius 1 is 0.852 bits per heavy atom. The van der Waals surface area contributed by atoms with E-state index in [4.69, 9.17) is 4.74 Å². The summed E-state index contributed by atoms with van der Waals surface area (Å²) >= 11 is 0. The lowest BCUT2D eigenvalue weighted by Crippen LogP contribution is -2.60. The molecule has 2 aliphatic rings. The lowest BCUT2D eigenvalue weighted by molar-refractivity contribution is -0.125. The summed E-state index contributed by atoms with van der Waals surface area (Å²) < 4.78 is 6.51. The Morgan fingerprint density at radius 3 is 2.04 bits per heavy atom. The maximum absolute atomic E-state index is 6.51. The minimum Gasteiger partial charge on any atom is -0.372 e. The third-order valence-corrected chi connectivity index (χ3v) is 5.96. The van der Waals surface area contributed by atoms with Crippen LogP contribution >= 0.6 is 0 Å². The molecule has 1 heterocycles. The van der Waals surface area contributed by atoms with E-state index in [9.17, 15) is 0 Å². The number of nitrogens with one attached hydrogen (secondary N) is 1. The first-order chi connectivity index (χ1) is 13.3. The third kappa shape index (κ3) is 5.19. The van der Waals surface area contributed by atoms with Crippen LogP contribution in [0.3, 0.4) is 0 Å². The molecule has 1 aliphatic heterocycles. The van der Waals surface area contributed by atoms with Crippen LogP contribution in [0.25, 0.3) is 0 Å². The topological polar surface area (TPSA) is 24.5 Å². The van der Waals surface area contributed by atoms with E-state index in [0.29, 0.717) is 6.04 Å². The van der Waals surface area contributed by atoms with E-state index in [2.05, 4.69) is 71.1 Å². The van der Waals surface area contributed by atoms with Gasteiger partial charge in [-0.25, -0.2) is 5.01 Å². The van der Waals surface area contributed by atoms with Crippen molar-refractivity contribution in [2.75, 3.05) is 19.7 Å². The van der Waals surface area contributed by atoms with Gasteiger partial charge in [-0.1, -0.05) is 79.9 Å². The van der Waals surface area contributed by atoms with Crippen LogP contribution in [-0.2, 0) is 17.6 Å². The molecule has 1 saturated heterocycles. The second kappa shape index (κ2) is 9.01. The molecule has 3 heteroatoms. The fourth-order valence-electron chi connectivity index (χ4n) is 4.66. The molecule has 1 aliphatic carbocycles. The molecule has 3 nitrogen and oxygen atoms in total. The minimum atomic E-state index is -0.178. The Labute approximate surface area is 163 Å². The minimum absolute atomic E-state index is 0.178. The van der Waals surface area contributed by atoms with E-state index in [1.165, 1.54) is 43.2 Å². The molecule has 0 amide bonds. The monoisotopic (exact) mass is 364 g/mol. The lowest BCUT2D eigenvalue weighted by Gasteiger charge is -2.44. The van der Waals surface area contributed by atoms with E-state index in [1.54, 1.807) is 0 Å². The molecule has 0 bridgehead atoms. The molecule has 0 unspecified atom stereocenters. The summed E-state index contributed by atoms with van der Waals surface area (Å²) in [6, 6.07) is 22.2. The molecule has 0 aromatic heterocycles. The highest BCUT2D eigenvalue weighted by atomic mass is 16.5. The van der Waals surface area contributed by atoms with Crippen molar-refractivity contribution >= 4 is 0 Å². The van der Waals surface area contributed by atoms with Gasteiger partial charge in [0.2, 0.25) is 0 Å². The number of morpholine rings is 1. The fraction of sp³-hybridized carbons (Fsp3) is 0.500. The van der Waals surface area contributed by atoms with Crippen LogP contribution in [0.4, 0.5) is 0 Å². The van der Waals surface area contributed by atoms with Crippen LogP contribution in [-0.4, -0.2) is 36.3 Å². The van der Waals surface area contributed by atoms with Gasteiger partial charge in [0.1, 0.15) is 0 Å². The van der Waals surface area contributed by atoms with Crippen molar-refractivity contribution < 1.29 is 4.74 Å². The van der Waals surface area contributed by atoms with Gasteiger partial charge in [-0.15, -0.1) is 0 Å². The quantitative estimate of drug-likeness (QED) is 0.823. The average Bonchev–Trinajstić information content (AvgIpc) is 2.70. The summed E-state index contributed by atoms with van der Waals surface area (Å²) in [5.41, 5.74) is 6.37. The van der Waals surface area contributed by atoms with Gasteiger partial charge in [0.15, 0.2) is 0 Å². The molecule has 1 saturated carbocycles. The molecule has 2 aromatic rings. The Bertz CT molecular complexity index is 641. The average molecular weight is 365 g/mol. The van der Waals surface area contributed by atoms with Crippen molar-refractivity contribution in [3.8, 4) is 0 Å². The Kier molecular flexibility index (Phi) is 6.23. The summed E-state index contributed by atoms with van der Waals surface area (Å²) in [5, 5.41) is 2.45. The van der Waals surface area contributed by atoms with Crippen LogP contribution in [0.15, 0.2) is 60.7 Å². The van der Waals surface area contributed by atoms with Crippen LogP contribution < -0.4 is 5.43 Å². The normalized spacial score (nSPS) is 21.2. The molecule has 0 radical (unpaired) electrons. The molecule has 144 valence electrons. The van der Waals surface area contributed by atoms with Crippen LogP contribution in [0.1, 0.15) is 43.2 Å². The maximum atomic E-state index is 6.51. The first kappa shape index (κ1) is 18.7. The lowest BCUT2D eigenvalue weighted by atomic mass is 9.86. The van der Waals surface area contributed by atoms with Gasteiger partial charge in [0, 0.05) is 32.0 Å². The van der Waals surface area contributed by atoms with E-state index >= 15 is 0 Å². The van der Waals surface area contributed by atoms with Crippen LogP contribution in [0.2, 0.25) is 0 Å². The number of hydrazine groups is 1. The van der Waals surface area contributed by atoms with E-state index in [1.807, 2.05) is 0 Å². The predicted octanol–water partition coefficient (Wildman–Crippen LogP) is 4.38. The highest BCUT2D eigenvalue weighted by Gasteiger charge is 2.37. The number of rotatable bonds is 6. The summed E-state index contributed by atoms with van der Waals surface area (Å²) in [6.45, 7) is 2.70. The van der Waals surface area contributed by atoms with E-state index < -0.39 is 0 Å². The van der Waals surface area contributed by atoms with Gasteiger partial charge in [0.05, 0.1) is 12.2 Å². The summed E-state index contributed by atoms with van der Waals surface area (Å²) in [7, 11) is 0. The zero-order valence-corrected chi connectivity index (χ0v) is 16.3. The van der Waals surface area contributed by atoms with Gasteiger partial charge in [-0.2, -0.15) is 0 Å². The second-order valence-electron chi connectivity index (χ2n) is 8.24. The molecule has 2 fully saturated rings. The molecule has 0 atom stereocenters. The predicted molar refractivity (Wildman–Crippen MR) is 111 cm³/mol. The molecular formula is C24H32N2O. The molecule has 27 heavy (non-hydrogen) atoms. The Hall–Kier alpha value is -1.68. The molecule has 4 rings (SSSR count). The molecule has 0 spiro atoms. The zero-order chi connectivity index (χ0) is 18.4. The van der Waals surface area contributed by atoms with Crippen LogP contribution in [0, 0.1) is 0 Å². The first-order valence-corrected chi connectivity index (χ1v) is 10.5. The Morgan fingerprint density at radius 2 is 1.44 bits per heavy atom. The number of ether oxygens (including phenoxy) is 1. The van der Waals surface area contributed by atoms with Gasteiger partial charge < -0.3 is 4.74 Å². The Balaban J connectivity index is 1.51. The van der Waals surface area contributed by atoms with E-state index in [0.717, 1.165) is 32.5 Å². The van der Waals surface area contributed by atoms with Crippen molar-refractivity contribution in [3.63, 3.8) is 0 Å². The second-order valence-corrected chi connectivity index (χ2v) is 8.24. The third-order valence-electron chi connectivity index (χ3n) is 5.96. The van der Waals surface area contributed by atoms with Gasteiger partial charge in [-0.3, -0.25) is 5.43 Å². The highest BCUT2D eigenvalue weighted by molar-refractivity contribution is 5.22. The maximum Gasteiger partial charge on any atom is 0.0903 e.